The lowest BCUT2D eigenvalue weighted by Gasteiger charge is -2.28. The Balaban J connectivity index is 2.86. The molecule has 5 heteroatoms. The van der Waals surface area contributed by atoms with E-state index < -0.39 is 5.60 Å². The molecule has 0 spiro atoms. The number of aliphatic hydroxyl groups is 1. The fraction of sp³-hybridized carbons (Fsp3) is 0.500. The fourth-order valence-corrected chi connectivity index (χ4v) is 1.88. The third kappa shape index (κ3) is 4.21. The normalized spacial score (nSPS) is 15.4. The second-order valence-corrected chi connectivity index (χ2v) is 5.82. The minimum Gasteiger partial charge on any atom is -0.497 e. The van der Waals surface area contributed by atoms with E-state index in [1.807, 2.05) is 25.1 Å². The van der Waals surface area contributed by atoms with Crippen LogP contribution in [0.4, 0.5) is 0 Å². The van der Waals surface area contributed by atoms with Gasteiger partial charge in [0.25, 0.3) is 0 Å². The maximum absolute atomic E-state index is 11.6. The van der Waals surface area contributed by atoms with Crippen LogP contribution in [0.25, 0.3) is 0 Å². The third-order valence-electron chi connectivity index (χ3n) is 3.11. The molecule has 0 saturated carbocycles. The van der Waals surface area contributed by atoms with Gasteiger partial charge in [0.1, 0.15) is 11.4 Å². The first-order valence-corrected chi connectivity index (χ1v) is 7.13. The maximum Gasteiger partial charge on any atom is 0.233 e. The molecular weight excluding hydrogens is 310 g/mol. The van der Waals surface area contributed by atoms with E-state index in [2.05, 4.69) is 21.2 Å². The Morgan fingerprint density at radius 2 is 2.26 bits per heavy atom. The number of alkyl halides is 1. The van der Waals surface area contributed by atoms with Crippen LogP contribution in [0.15, 0.2) is 24.3 Å². The monoisotopic (exact) mass is 329 g/mol. The lowest BCUT2D eigenvalue weighted by atomic mass is 9.91. The summed E-state index contributed by atoms with van der Waals surface area (Å²) in [6.45, 7) is 3.79. The minimum absolute atomic E-state index is 0.144. The summed E-state index contributed by atoms with van der Waals surface area (Å²) in [5, 5.41) is 13.4. The molecule has 0 saturated heterocycles. The zero-order valence-corrected chi connectivity index (χ0v) is 13.0. The molecule has 0 aliphatic rings. The largest absolute Gasteiger partial charge is 0.497 e. The van der Waals surface area contributed by atoms with Gasteiger partial charge in [0.05, 0.1) is 18.5 Å². The molecule has 1 amide bonds. The van der Waals surface area contributed by atoms with Crippen molar-refractivity contribution in [2.24, 2.45) is 0 Å². The van der Waals surface area contributed by atoms with E-state index in [1.165, 1.54) is 0 Å². The number of hydrogen-bond acceptors (Lipinski definition) is 3. The average Bonchev–Trinajstić information content (AvgIpc) is 2.44. The second kappa shape index (κ2) is 6.91. The number of amides is 1. The molecule has 1 aromatic carbocycles. The zero-order chi connectivity index (χ0) is 14.5. The van der Waals surface area contributed by atoms with E-state index >= 15 is 0 Å². The number of rotatable bonds is 6. The van der Waals surface area contributed by atoms with Crippen molar-refractivity contribution in [1.82, 2.24) is 5.32 Å². The molecular formula is C14H20BrNO3. The standard InChI is InChI=1S/C14H20BrNO3/c1-4-14(18,9-16-13(17)10(2)15)11-6-5-7-12(8-11)19-3/h5-8,10,18H,4,9H2,1-3H3,(H,16,17). The highest BCUT2D eigenvalue weighted by Crippen LogP contribution is 2.27. The molecule has 2 atom stereocenters. The van der Waals surface area contributed by atoms with Crippen molar-refractivity contribution in [3.05, 3.63) is 29.8 Å². The van der Waals surface area contributed by atoms with Crippen molar-refractivity contribution in [2.75, 3.05) is 13.7 Å². The first-order valence-electron chi connectivity index (χ1n) is 6.21. The summed E-state index contributed by atoms with van der Waals surface area (Å²) in [5.74, 6) is 0.541. The van der Waals surface area contributed by atoms with Gasteiger partial charge in [0.2, 0.25) is 5.91 Å². The SMILES string of the molecule is CCC(O)(CNC(=O)C(C)Br)c1cccc(OC)c1. The van der Waals surface area contributed by atoms with Crippen LogP contribution in [0, 0.1) is 0 Å². The minimum atomic E-state index is -1.09. The van der Waals surface area contributed by atoms with Crippen LogP contribution in [0.3, 0.4) is 0 Å². The average molecular weight is 330 g/mol. The Kier molecular flexibility index (Phi) is 5.82. The topological polar surface area (TPSA) is 58.6 Å². The Bertz CT molecular complexity index is 436. The lowest BCUT2D eigenvalue weighted by molar-refractivity contribution is -0.121. The number of ether oxygens (including phenoxy) is 1. The van der Waals surface area contributed by atoms with Gasteiger partial charge < -0.3 is 15.2 Å². The highest BCUT2D eigenvalue weighted by atomic mass is 79.9. The lowest BCUT2D eigenvalue weighted by Crippen LogP contribution is -2.42. The Morgan fingerprint density at radius 1 is 1.58 bits per heavy atom. The van der Waals surface area contributed by atoms with Crippen LogP contribution in [0.5, 0.6) is 5.75 Å². The van der Waals surface area contributed by atoms with E-state index in [0.29, 0.717) is 12.2 Å². The van der Waals surface area contributed by atoms with Crippen LogP contribution in [-0.4, -0.2) is 29.5 Å². The van der Waals surface area contributed by atoms with Crippen LogP contribution < -0.4 is 10.1 Å². The van der Waals surface area contributed by atoms with Gasteiger partial charge in [0, 0.05) is 0 Å². The number of methoxy groups -OCH3 is 1. The number of nitrogens with one attached hydrogen (secondary N) is 1. The van der Waals surface area contributed by atoms with Gasteiger partial charge in [-0.2, -0.15) is 0 Å². The first-order chi connectivity index (χ1) is 8.92. The number of halogens is 1. The molecule has 1 aromatic rings. The van der Waals surface area contributed by atoms with E-state index in [-0.39, 0.29) is 17.3 Å². The first kappa shape index (κ1) is 16.0. The van der Waals surface area contributed by atoms with E-state index in [4.69, 9.17) is 4.74 Å². The molecule has 0 aliphatic heterocycles. The molecule has 106 valence electrons. The van der Waals surface area contributed by atoms with Gasteiger partial charge in [0.15, 0.2) is 0 Å². The molecule has 0 aliphatic carbocycles. The van der Waals surface area contributed by atoms with E-state index in [1.54, 1.807) is 20.1 Å². The molecule has 4 nitrogen and oxygen atoms in total. The number of carbonyl (C=O) groups is 1. The van der Waals surface area contributed by atoms with Crippen molar-refractivity contribution in [2.45, 2.75) is 30.7 Å². The van der Waals surface area contributed by atoms with Crippen LogP contribution in [0.2, 0.25) is 0 Å². The maximum atomic E-state index is 11.6. The molecule has 0 aromatic heterocycles. The summed E-state index contributed by atoms with van der Waals surface area (Å²) in [5.41, 5.74) is -0.358. The van der Waals surface area contributed by atoms with E-state index in [0.717, 1.165) is 5.56 Å². The van der Waals surface area contributed by atoms with Crippen LogP contribution >= 0.6 is 15.9 Å². The summed E-state index contributed by atoms with van der Waals surface area (Å²) in [4.78, 5) is 11.3. The molecule has 2 N–H and O–H groups in total. The van der Waals surface area contributed by atoms with Gasteiger partial charge >= 0.3 is 0 Å². The second-order valence-electron chi connectivity index (χ2n) is 4.45. The van der Waals surface area contributed by atoms with E-state index in [9.17, 15) is 9.90 Å². The van der Waals surface area contributed by atoms with Crippen molar-refractivity contribution >= 4 is 21.8 Å². The predicted molar refractivity (Wildman–Crippen MR) is 78.6 cm³/mol. The quantitative estimate of drug-likeness (QED) is 0.786. The fourth-order valence-electron chi connectivity index (χ4n) is 1.72. The van der Waals surface area contributed by atoms with Crippen LogP contribution in [-0.2, 0) is 10.4 Å². The zero-order valence-electron chi connectivity index (χ0n) is 11.4. The summed E-state index contributed by atoms with van der Waals surface area (Å²) >= 11 is 3.19. The van der Waals surface area contributed by atoms with Crippen molar-refractivity contribution in [3.63, 3.8) is 0 Å². The highest BCUT2D eigenvalue weighted by molar-refractivity contribution is 9.10. The van der Waals surface area contributed by atoms with Gasteiger partial charge in [-0.05, 0) is 31.0 Å². The summed E-state index contributed by atoms with van der Waals surface area (Å²) in [6.07, 6.45) is 0.497. The summed E-state index contributed by atoms with van der Waals surface area (Å²) in [6, 6.07) is 7.26. The summed E-state index contributed by atoms with van der Waals surface area (Å²) < 4.78 is 5.15. The van der Waals surface area contributed by atoms with Gasteiger partial charge in [-0.25, -0.2) is 0 Å². The number of benzene rings is 1. The third-order valence-corrected chi connectivity index (χ3v) is 3.52. The Hall–Kier alpha value is -1.07. The predicted octanol–water partition coefficient (Wildman–Crippen LogP) is 2.19. The molecule has 0 radical (unpaired) electrons. The molecule has 0 heterocycles. The van der Waals surface area contributed by atoms with Gasteiger partial charge in [-0.1, -0.05) is 35.0 Å². The molecule has 2 unspecified atom stereocenters. The van der Waals surface area contributed by atoms with Crippen molar-refractivity contribution in [1.29, 1.82) is 0 Å². The molecule has 1 rings (SSSR count). The van der Waals surface area contributed by atoms with Gasteiger partial charge in [-0.15, -0.1) is 0 Å². The van der Waals surface area contributed by atoms with Crippen molar-refractivity contribution < 1.29 is 14.6 Å². The Labute approximate surface area is 122 Å². The summed E-state index contributed by atoms with van der Waals surface area (Å²) in [7, 11) is 1.58. The molecule has 19 heavy (non-hydrogen) atoms. The van der Waals surface area contributed by atoms with Gasteiger partial charge in [-0.3, -0.25) is 4.79 Å². The smallest absolute Gasteiger partial charge is 0.233 e. The molecule has 0 bridgehead atoms. The number of carbonyl (C=O) groups excluding carboxylic acids is 1. The van der Waals surface area contributed by atoms with Crippen LogP contribution in [0.1, 0.15) is 25.8 Å². The molecule has 0 fully saturated rings. The van der Waals surface area contributed by atoms with Crippen molar-refractivity contribution in [3.8, 4) is 5.75 Å². The highest BCUT2D eigenvalue weighted by Gasteiger charge is 2.28. The number of hydrogen-bond donors (Lipinski definition) is 2. The Morgan fingerprint density at radius 3 is 2.79 bits per heavy atom.